The average Bonchev–Trinajstić information content (AvgIpc) is 2.27. The summed E-state index contributed by atoms with van der Waals surface area (Å²) in [5, 5.41) is 9.54. The molecule has 0 radical (unpaired) electrons. The van der Waals surface area contributed by atoms with Gasteiger partial charge in [0.05, 0.1) is 0 Å². The zero-order chi connectivity index (χ0) is 12.1. The van der Waals surface area contributed by atoms with Gasteiger partial charge in [0.25, 0.3) is 0 Å². The summed E-state index contributed by atoms with van der Waals surface area (Å²) in [5.41, 5.74) is 0.958. The minimum Gasteiger partial charge on any atom is -0.479 e. The van der Waals surface area contributed by atoms with Crippen LogP contribution < -0.4 is 4.74 Å². The second kappa shape index (κ2) is 5.75. The Bertz CT molecular complexity index is 377. The normalized spacial score (nSPS) is 12.2. The van der Waals surface area contributed by atoms with Gasteiger partial charge in [0.2, 0.25) is 0 Å². The Morgan fingerprint density at radius 1 is 1.50 bits per heavy atom. The fourth-order valence-electron chi connectivity index (χ4n) is 1.37. The first-order chi connectivity index (χ1) is 7.58. The second-order valence-electron chi connectivity index (χ2n) is 3.46. The number of carboxylic acid groups (broad SMARTS) is 1. The first-order valence-electron chi connectivity index (χ1n) is 5.26. The Morgan fingerprint density at radius 3 is 2.69 bits per heavy atom. The summed E-state index contributed by atoms with van der Waals surface area (Å²) >= 11 is 5.96. The Labute approximate surface area is 100.0 Å². The van der Waals surface area contributed by atoms with Crippen LogP contribution >= 0.6 is 11.6 Å². The number of benzene rings is 1. The van der Waals surface area contributed by atoms with Crippen molar-refractivity contribution in [3.63, 3.8) is 0 Å². The third-order valence-electron chi connectivity index (χ3n) is 2.32. The maximum atomic E-state index is 10.8. The Hall–Kier alpha value is -1.22. The van der Waals surface area contributed by atoms with Crippen LogP contribution in [0.5, 0.6) is 5.75 Å². The largest absolute Gasteiger partial charge is 0.479 e. The van der Waals surface area contributed by atoms with Gasteiger partial charge in [-0.1, -0.05) is 25.4 Å². The summed E-state index contributed by atoms with van der Waals surface area (Å²) in [6.07, 6.45) is 0.421. The smallest absolute Gasteiger partial charge is 0.344 e. The van der Waals surface area contributed by atoms with E-state index in [2.05, 4.69) is 0 Å². The van der Waals surface area contributed by atoms with Crippen LogP contribution in [-0.4, -0.2) is 17.2 Å². The molecule has 0 aliphatic rings. The van der Waals surface area contributed by atoms with E-state index in [1.54, 1.807) is 25.1 Å². The molecule has 16 heavy (non-hydrogen) atoms. The molecule has 0 heterocycles. The quantitative estimate of drug-likeness (QED) is 0.863. The molecule has 1 unspecified atom stereocenters. The SMILES string of the molecule is CCc1cc(OC(CC)C(=O)O)ccc1Cl. The molecular weight excluding hydrogens is 228 g/mol. The molecule has 0 bridgehead atoms. The lowest BCUT2D eigenvalue weighted by Gasteiger charge is -2.14. The molecule has 1 N–H and O–H groups in total. The number of rotatable bonds is 5. The number of halogens is 1. The minimum absolute atomic E-state index is 0.430. The van der Waals surface area contributed by atoms with Gasteiger partial charge in [-0.15, -0.1) is 0 Å². The van der Waals surface area contributed by atoms with Crippen LogP contribution in [0.4, 0.5) is 0 Å². The lowest BCUT2D eigenvalue weighted by atomic mass is 10.1. The zero-order valence-electron chi connectivity index (χ0n) is 9.37. The first kappa shape index (κ1) is 12.8. The molecule has 0 saturated carbocycles. The van der Waals surface area contributed by atoms with Crippen LogP contribution in [-0.2, 0) is 11.2 Å². The van der Waals surface area contributed by atoms with Crippen molar-refractivity contribution in [2.75, 3.05) is 0 Å². The number of hydrogen-bond donors (Lipinski definition) is 1. The third kappa shape index (κ3) is 3.14. The van der Waals surface area contributed by atoms with Crippen molar-refractivity contribution in [1.82, 2.24) is 0 Å². The van der Waals surface area contributed by atoms with Crippen molar-refractivity contribution in [3.05, 3.63) is 28.8 Å². The summed E-state index contributed by atoms with van der Waals surface area (Å²) < 4.78 is 5.36. The van der Waals surface area contributed by atoms with Gasteiger partial charge < -0.3 is 9.84 Å². The van der Waals surface area contributed by atoms with E-state index in [0.29, 0.717) is 17.2 Å². The van der Waals surface area contributed by atoms with E-state index < -0.39 is 12.1 Å². The van der Waals surface area contributed by atoms with Crippen LogP contribution in [0.2, 0.25) is 5.02 Å². The van der Waals surface area contributed by atoms with E-state index in [1.807, 2.05) is 6.92 Å². The number of aliphatic carboxylic acids is 1. The van der Waals surface area contributed by atoms with Gasteiger partial charge in [-0.3, -0.25) is 0 Å². The van der Waals surface area contributed by atoms with Crippen molar-refractivity contribution in [1.29, 1.82) is 0 Å². The van der Waals surface area contributed by atoms with E-state index in [9.17, 15) is 4.79 Å². The molecule has 88 valence electrons. The van der Waals surface area contributed by atoms with Crippen molar-refractivity contribution >= 4 is 17.6 Å². The summed E-state index contributed by atoms with van der Waals surface area (Å²) in [4.78, 5) is 10.8. The van der Waals surface area contributed by atoms with E-state index in [0.717, 1.165) is 12.0 Å². The van der Waals surface area contributed by atoms with E-state index >= 15 is 0 Å². The molecule has 1 aromatic rings. The maximum Gasteiger partial charge on any atom is 0.344 e. The molecule has 1 rings (SSSR count). The highest BCUT2D eigenvalue weighted by Crippen LogP contribution is 2.23. The molecule has 4 heteroatoms. The summed E-state index contributed by atoms with van der Waals surface area (Å²) in [7, 11) is 0. The Balaban J connectivity index is 2.84. The van der Waals surface area contributed by atoms with E-state index in [4.69, 9.17) is 21.4 Å². The van der Waals surface area contributed by atoms with Crippen molar-refractivity contribution in [3.8, 4) is 5.75 Å². The highest BCUT2D eigenvalue weighted by Gasteiger charge is 2.16. The zero-order valence-corrected chi connectivity index (χ0v) is 10.1. The number of carboxylic acids is 1. The van der Waals surface area contributed by atoms with Crippen LogP contribution in [0, 0.1) is 0 Å². The van der Waals surface area contributed by atoms with E-state index in [1.165, 1.54) is 0 Å². The number of aryl methyl sites for hydroxylation is 1. The van der Waals surface area contributed by atoms with Crippen LogP contribution in [0.15, 0.2) is 18.2 Å². The lowest BCUT2D eigenvalue weighted by Crippen LogP contribution is -2.25. The molecule has 0 aromatic heterocycles. The van der Waals surface area contributed by atoms with Gasteiger partial charge in [-0.25, -0.2) is 4.79 Å². The Kier molecular flexibility index (Phi) is 4.62. The topological polar surface area (TPSA) is 46.5 Å². The Morgan fingerprint density at radius 2 is 2.19 bits per heavy atom. The van der Waals surface area contributed by atoms with Crippen molar-refractivity contribution in [2.45, 2.75) is 32.8 Å². The van der Waals surface area contributed by atoms with Crippen molar-refractivity contribution < 1.29 is 14.6 Å². The second-order valence-corrected chi connectivity index (χ2v) is 3.87. The van der Waals surface area contributed by atoms with Gasteiger partial charge >= 0.3 is 5.97 Å². The number of hydrogen-bond acceptors (Lipinski definition) is 2. The summed E-state index contributed by atoms with van der Waals surface area (Å²) in [5.74, 6) is -0.397. The van der Waals surface area contributed by atoms with Crippen molar-refractivity contribution in [2.24, 2.45) is 0 Å². The van der Waals surface area contributed by atoms with Gasteiger partial charge in [0.1, 0.15) is 5.75 Å². The highest BCUT2D eigenvalue weighted by atomic mass is 35.5. The molecule has 0 saturated heterocycles. The third-order valence-corrected chi connectivity index (χ3v) is 2.69. The molecule has 0 aliphatic carbocycles. The van der Waals surface area contributed by atoms with Gasteiger partial charge in [0.15, 0.2) is 6.10 Å². The minimum atomic E-state index is -0.949. The standard InChI is InChI=1S/C12H15ClO3/c1-3-8-7-9(5-6-10(8)13)16-11(4-2)12(14)15/h5-7,11H,3-4H2,1-2H3,(H,14,15). The summed E-state index contributed by atoms with van der Waals surface area (Å²) in [6.45, 7) is 3.76. The molecule has 0 aliphatic heterocycles. The average molecular weight is 243 g/mol. The predicted octanol–water partition coefficient (Wildman–Crippen LogP) is 3.14. The molecule has 1 aromatic carbocycles. The lowest BCUT2D eigenvalue weighted by molar-refractivity contribution is -0.145. The van der Waals surface area contributed by atoms with Crippen LogP contribution in [0.3, 0.4) is 0 Å². The maximum absolute atomic E-state index is 10.8. The summed E-state index contributed by atoms with van der Waals surface area (Å²) in [6, 6.07) is 5.20. The van der Waals surface area contributed by atoms with E-state index in [-0.39, 0.29) is 0 Å². The molecular formula is C12H15ClO3. The molecule has 0 spiro atoms. The van der Waals surface area contributed by atoms with Gasteiger partial charge in [-0.2, -0.15) is 0 Å². The van der Waals surface area contributed by atoms with Crippen LogP contribution in [0.1, 0.15) is 25.8 Å². The number of carbonyl (C=O) groups is 1. The fourth-order valence-corrected chi connectivity index (χ4v) is 1.62. The fraction of sp³-hybridized carbons (Fsp3) is 0.417. The highest BCUT2D eigenvalue weighted by molar-refractivity contribution is 6.31. The van der Waals surface area contributed by atoms with Crippen LogP contribution in [0.25, 0.3) is 0 Å². The molecule has 0 amide bonds. The molecule has 0 fully saturated rings. The van der Waals surface area contributed by atoms with Gasteiger partial charge in [0, 0.05) is 5.02 Å². The monoisotopic (exact) mass is 242 g/mol. The number of ether oxygens (including phenoxy) is 1. The first-order valence-corrected chi connectivity index (χ1v) is 5.64. The van der Waals surface area contributed by atoms with Gasteiger partial charge in [-0.05, 0) is 36.6 Å². The predicted molar refractivity (Wildman–Crippen MR) is 63.2 cm³/mol. The molecule has 1 atom stereocenters. The molecule has 3 nitrogen and oxygen atoms in total.